The van der Waals surface area contributed by atoms with Crippen LogP contribution >= 0.6 is 24.0 Å². The Kier molecular flexibility index (Phi) is 7.58. The fourth-order valence-electron chi connectivity index (χ4n) is 5.41. The first-order valence-corrected chi connectivity index (χ1v) is 10.8. The summed E-state index contributed by atoms with van der Waals surface area (Å²) < 4.78 is 6.08. The predicted molar refractivity (Wildman–Crippen MR) is 121 cm³/mol. The van der Waals surface area contributed by atoms with Crippen LogP contribution in [0.25, 0.3) is 0 Å². The van der Waals surface area contributed by atoms with Gasteiger partial charge in [-0.1, -0.05) is 12.8 Å². The lowest BCUT2D eigenvalue weighted by Gasteiger charge is -2.55. The standard InChI is InChI=1S/C20H34N6O.HI/c1-3-21-19(26-11-7-15(8-12-26)18-22-14-23-25-18)24-16-13-17(27-4-2)20(16)9-5-6-10-20;/h14-17H,3-13H2,1-2H3,(H,21,24)(H,22,23,25);1H. The van der Waals surface area contributed by atoms with Gasteiger partial charge in [0.2, 0.25) is 0 Å². The highest BCUT2D eigenvalue weighted by Crippen LogP contribution is 2.54. The third-order valence-electron chi connectivity index (χ3n) is 6.91. The molecule has 7 nitrogen and oxygen atoms in total. The number of nitrogens with one attached hydrogen (secondary N) is 2. The molecule has 158 valence electrons. The number of halogens is 1. The number of hydrogen-bond donors (Lipinski definition) is 2. The number of piperidine rings is 1. The maximum absolute atomic E-state index is 6.08. The maximum Gasteiger partial charge on any atom is 0.194 e. The molecule has 0 bridgehead atoms. The molecule has 2 heterocycles. The number of ether oxygens (including phenoxy) is 1. The van der Waals surface area contributed by atoms with Gasteiger partial charge >= 0.3 is 0 Å². The van der Waals surface area contributed by atoms with Gasteiger partial charge in [0, 0.05) is 43.6 Å². The van der Waals surface area contributed by atoms with Gasteiger partial charge in [-0.05, 0) is 46.0 Å². The van der Waals surface area contributed by atoms with E-state index >= 15 is 0 Å². The molecule has 2 aliphatic carbocycles. The Balaban J connectivity index is 0.00000225. The SMILES string of the molecule is CCN=C(NC1CC(OCC)C12CCCC2)N1CCC(c2ncn[nH]2)CC1.I. The Morgan fingerprint density at radius 3 is 2.68 bits per heavy atom. The molecular weight excluding hydrogens is 467 g/mol. The first-order valence-electron chi connectivity index (χ1n) is 10.8. The third-order valence-corrected chi connectivity index (χ3v) is 6.91. The van der Waals surface area contributed by atoms with Crippen LogP contribution in [0.5, 0.6) is 0 Å². The van der Waals surface area contributed by atoms with Crippen molar-refractivity contribution in [3.8, 4) is 0 Å². The van der Waals surface area contributed by atoms with Gasteiger partial charge in [0.25, 0.3) is 0 Å². The zero-order valence-electron chi connectivity index (χ0n) is 17.2. The minimum absolute atomic E-state index is 0. The molecule has 1 saturated heterocycles. The van der Waals surface area contributed by atoms with Crippen LogP contribution in [-0.2, 0) is 4.74 Å². The molecule has 4 rings (SSSR count). The smallest absolute Gasteiger partial charge is 0.194 e. The summed E-state index contributed by atoms with van der Waals surface area (Å²) in [5.74, 6) is 2.61. The highest BCUT2D eigenvalue weighted by Gasteiger charge is 2.57. The van der Waals surface area contributed by atoms with Crippen molar-refractivity contribution < 1.29 is 4.74 Å². The van der Waals surface area contributed by atoms with E-state index in [2.05, 4.69) is 39.2 Å². The second kappa shape index (κ2) is 9.73. The molecular formula is C20H35IN6O. The van der Waals surface area contributed by atoms with Crippen molar-refractivity contribution >= 4 is 29.9 Å². The van der Waals surface area contributed by atoms with Gasteiger partial charge in [-0.15, -0.1) is 24.0 Å². The average molecular weight is 502 g/mol. The molecule has 8 heteroatoms. The topological polar surface area (TPSA) is 78.4 Å². The molecule has 0 aromatic carbocycles. The molecule has 2 saturated carbocycles. The number of aromatic nitrogens is 3. The number of guanidine groups is 1. The largest absolute Gasteiger partial charge is 0.378 e. The molecule has 1 aromatic heterocycles. The molecule has 3 aliphatic rings. The van der Waals surface area contributed by atoms with Crippen molar-refractivity contribution in [1.82, 2.24) is 25.4 Å². The van der Waals surface area contributed by atoms with Crippen LogP contribution in [0.3, 0.4) is 0 Å². The van der Waals surface area contributed by atoms with E-state index < -0.39 is 0 Å². The number of rotatable bonds is 5. The van der Waals surface area contributed by atoms with E-state index in [0.29, 0.717) is 23.5 Å². The van der Waals surface area contributed by atoms with Crippen LogP contribution in [-0.4, -0.2) is 64.4 Å². The van der Waals surface area contributed by atoms with Crippen LogP contribution < -0.4 is 5.32 Å². The van der Waals surface area contributed by atoms with E-state index in [1.807, 2.05) is 0 Å². The van der Waals surface area contributed by atoms with Crippen LogP contribution in [0.4, 0.5) is 0 Å². The number of likely N-dealkylation sites (tertiary alicyclic amines) is 1. The van der Waals surface area contributed by atoms with Gasteiger partial charge < -0.3 is 15.0 Å². The second-order valence-corrected chi connectivity index (χ2v) is 8.25. The number of nitrogens with zero attached hydrogens (tertiary/aromatic N) is 4. The first-order chi connectivity index (χ1) is 13.3. The number of aliphatic imine (C=N–C) groups is 1. The van der Waals surface area contributed by atoms with Crippen molar-refractivity contribution in [2.45, 2.75) is 76.9 Å². The monoisotopic (exact) mass is 502 g/mol. The minimum atomic E-state index is 0. The summed E-state index contributed by atoms with van der Waals surface area (Å²) in [4.78, 5) is 11.6. The van der Waals surface area contributed by atoms with Crippen LogP contribution in [0.15, 0.2) is 11.3 Å². The lowest BCUT2D eigenvalue weighted by atomic mass is 9.60. The molecule has 1 spiro atoms. The summed E-state index contributed by atoms with van der Waals surface area (Å²) in [5.41, 5.74) is 0.336. The molecule has 2 atom stereocenters. The molecule has 1 aromatic rings. The molecule has 2 N–H and O–H groups in total. The van der Waals surface area contributed by atoms with Crippen LogP contribution in [0.1, 0.15) is 70.5 Å². The highest BCUT2D eigenvalue weighted by atomic mass is 127. The number of H-pyrrole nitrogens is 1. The van der Waals surface area contributed by atoms with E-state index in [1.165, 1.54) is 25.7 Å². The molecule has 0 radical (unpaired) electrons. The summed E-state index contributed by atoms with van der Waals surface area (Å²) in [6, 6.07) is 0.508. The predicted octanol–water partition coefficient (Wildman–Crippen LogP) is 3.31. The Morgan fingerprint density at radius 1 is 1.32 bits per heavy atom. The Bertz CT molecular complexity index is 623. The zero-order valence-corrected chi connectivity index (χ0v) is 19.5. The van der Waals surface area contributed by atoms with E-state index in [0.717, 1.165) is 57.3 Å². The van der Waals surface area contributed by atoms with Gasteiger partial charge in [0.1, 0.15) is 12.2 Å². The quantitative estimate of drug-likeness (QED) is 0.367. The normalized spacial score (nSPS) is 27.5. The minimum Gasteiger partial charge on any atom is -0.378 e. The molecule has 28 heavy (non-hydrogen) atoms. The van der Waals surface area contributed by atoms with Gasteiger partial charge in [-0.3, -0.25) is 10.1 Å². The first kappa shape index (κ1) is 21.8. The van der Waals surface area contributed by atoms with E-state index in [1.54, 1.807) is 6.33 Å². The van der Waals surface area contributed by atoms with E-state index in [-0.39, 0.29) is 24.0 Å². The van der Waals surface area contributed by atoms with Crippen molar-refractivity contribution in [2.24, 2.45) is 10.4 Å². The van der Waals surface area contributed by atoms with Gasteiger partial charge in [0.05, 0.1) is 6.10 Å². The molecule has 3 fully saturated rings. The fourth-order valence-corrected chi connectivity index (χ4v) is 5.41. The third kappa shape index (κ3) is 4.17. The fraction of sp³-hybridized carbons (Fsp3) is 0.850. The van der Waals surface area contributed by atoms with Crippen molar-refractivity contribution in [2.75, 3.05) is 26.2 Å². The molecule has 1 aliphatic heterocycles. The van der Waals surface area contributed by atoms with E-state index in [4.69, 9.17) is 9.73 Å². The lowest BCUT2D eigenvalue weighted by Crippen LogP contribution is -2.65. The molecule has 2 unspecified atom stereocenters. The van der Waals surface area contributed by atoms with Gasteiger partial charge in [-0.25, -0.2) is 4.98 Å². The van der Waals surface area contributed by atoms with Gasteiger partial charge in [-0.2, -0.15) is 5.10 Å². The molecule has 0 amide bonds. The van der Waals surface area contributed by atoms with Crippen molar-refractivity contribution in [1.29, 1.82) is 0 Å². The summed E-state index contributed by atoms with van der Waals surface area (Å²) in [7, 11) is 0. The Morgan fingerprint density at radius 2 is 2.07 bits per heavy atom. The van der Waals surface area contributed by atoms with Crippen LogP contribution in [0.2, 0.25) is 0 Å². The van der Waals surface area contributed by atoms with Crippen LogP contribution in [0, 0.1) is 5.41 Å². The summed E-state index contributed by atoms with van der Waals surface area (Å²) in [5, 5.41) is 10.9. The maximum atomic E-state index is 6.08. The Hall–Kier alpha value is -0.900. The zero-order chi connectivity index (χ0) is 18.7. The summed E-state index contributed by atoms with van der Waals surface area (Å²) >= 11 is 0. The van der Waals surface area contributed by atoms with E-state index in [9.17, 15) is 0 Å². The Labute approximate surface area is 185 Å². The number of hydrogen-bond acceptors (Lipinski definition) is 4. The summed E-state index contributed by atoms with van der Waals surface area (Å²) in [6.45, 7) is 7.92. The van der Waals surface area contributed by atoms with Crippen molar-refractivity contribution in [3.63, 3.8) is 0 Å². The average Bonchev–Trinajstić information content (AvgIpc) is 3.39. The summed E-state index contributed by atoms with van der Waals surface area (Å²) in [6.07, 6.45) is 10.6. The number of aromatic amines is 1. The lowest BCUT2D eigenvalue weighted by molar-refractivity contribution is -0.126. The van der Waals surface area contributed by atoms with Gasteiger partial charge in [0.15, 0.2) is 5.96 Å². The second-order valence-electron chi connectivity index (χ2n) is 8.25. The highest BCUT2D eigenvalue weighted by molar-refractivity contribution is 14.0. The van der Waals surface area contributed by atoms with Crippen molar-refractivity contribution in [3.05, 3.63) is 12.2 Å².